The molecule has 0 aromatic heterocycles. The van der Waals surface area contributed by atoms with Crippen LogP contribution in [0.25, 0.3) is 0 Å². The normalized spacial score (nSPS) is 58.8. The standard InChI is InChI=1S/C9H13NO/c11-7-3-5-9-4-1-2-6-10(9)8(7)9/h3,5,7-8,11H,1-2,4,6H2/p+1/t7-,8+,9-,10?/m0/s1. The van der Waals surface area contributed by atoms with Gasteiger partial charge in [-0.15, -0.1) is 0 Å². The van der Waals surface area contributed by atoms with E-state index in [1.165, 1.54) is 25.8 Å². The van der Waals surface area contributed by atoms with Crippen molar-refractivity contribution in [2.24, 2.45) is 0 Å². The first-order valence-electron chi connectivity index (χ1n) is 4.52. The quantitative estimate of drug-likeness (QED) is 0.278. The first-order chi connectivity index (χ1) is 5.34. The summed E-state index contributed by atoms with van der Waals surface area (Å²) in [4.78, 5) is 2.51. The van der Waals surface area contributed by atoms with Crippen molar-refractivity contribution in [1.29, 1.82) is 0 Å². The minimum atomic E-state index is 0.0769. The van der Waals surface area contributed by atoms with Crippen LogP contribution < -0.4 is 0 Å². The summed E-state index contributed by atoms with van der Waals surface area (Å²) in [6.45, 7) is 1.24. The lowest BCUT2D eigenvalue weighted by molar-refractivity contribution is 0.202. The van der Waals surface area contributed by atoms with Gasteiger partial charge >= 0.3 is 0 Å². The first-order valence-corrected chi connectivity index (χ1v) is 4.52. The Hall–Kier alpha value is -0.340. The van der Waals surface area contributed by atoms with Gasteiger partial charge in [0, 0.05) is 0 Å². The summed E-state index contributed by atoms with van der Waals surface area (Å²) in [5, 5.41) is 7.74. The Morgan fingerprint density at radius 2 is 2.36 bits per heavy atom. The van der Waals surface area contributed by atoms with Gasteiger partial charge in [-0.3, -0.25) is 4.90 Å². The predicted octanol–water partition coefficient (Wildman–Crippen LogP) is 0.256. The van der Waals surface area contributed by atoms with Crippen LogP contribution in [-0.2, 0) is 0 Å². The summed E-state index contributed by atoms with van der Waals surface area (Å²) >= 11 is 0. The third-order valence-electron chi connectivity index (χ3n) is 3.47. The summed E-state index contributed by atoms with van der Waals surface area (Å²) < 4.78 is 0. The van der Waals surface area contributed by atoms with E-state index < -0.39 is 0 Å². The van der Waals surface area contributed by atoms with E-state index in [1.54, 1.807) is 0 Å². The Kier molecular flexibility index (Phi) is 0.958. The van der Waals surface area contributed by atoms with Gasteiger partial charge in [-0.25, -0.2) is 0 Å². The smallest absolute Gasteiger partial charge is 0.190 e. The minimum absolute atomic E-state index is 0.0769. The Morgan fingerprint density at radius 1 is 1.45 bits per heavy atom. The molecule has 2 aliphatic heterocycles. The molecule has 2 heterocycles. The summed E-state index contributed by atoms with van der Waals surface area (Å²) in [6, 6.07) is 0.574. The van der Waals surface area contributed by atoms with Crippen molar-refractivity contribution in [3.63, 3.8) is 0 Å². The topological polar surface area (TPSA) is 25.9 Å². The third kappa shape index (κ3) is 0.565. The maximum Gasteiger partial charge on any atom is 0.190 e. The molecule has 0 bridgehead atoms. The lowest BCUT2D eigenvalue weighted by Gasteiger charge is -2.17. The monoisotopic (exact) mass is 152 g/mol. The van der Waals surface area contributed by atoms with Gasteiger partial charge in [0.1, 0.15) is 6.04 Å². The predicted molar refractivity (Wildman–Crippen MR) is 43.6 cm³/mol. The van der Waals surface area contributed by atoms with E-state index in [9.17, 15) is 0 Å². The molecule has 2 saturated heterocycles. The van der Waals surface area contributed by atoms with Crippen LogP contribution >= 0.6 is 0 Å². The molecule has 0 radical (unpaired) electrons. The molecule has 60 valence electrons. The number of rotatable bonds is 0. The van der Waals surface area contributed by atoms with Crippen molar-refractivity contribution >= 4 is 0 Å². The van der Waals surface area contributed by atoms with Crippen molar-refractivity contribution in [3.05, 3.63) is 12.2 Å². The van der Waals surface area contributed by atoms with E-state index in [0.29, 0.717) is 11.6 Å². The van der Waals surface area contributed by atoms with Crippen LogP contribution in [0.5, 0.6) is 0 Å². The molecule has 0 aromatic carbocycles. The van der Waals surface area contributed by atoms with Crippen molar-refractivity contribution in [1.82, 2.24) is 4.90 Å². The molecule has 1 spiro atoms. The molecule has 2 N–H and O–H groups in total. The Morgan fingerprint density at radius 3 is 3.18 bits per heavy atom. The van der Waals surface area contributed by atoms with Crippen LogP contribution in [0.3, 0.4) is 0 Å². The van der Waals surface area contributed by atoms with Crippen LogP contribution in [0.4, 0.5) is 0 Å². The highest BCUT2D eigenvalue weighted by Gasteiger charge is 2.68. The lowest BCUT2D eigenvalue weighted by atomic mass is 9.98. The van der Waals surface area contributed by atoms with Gasteiger partial charge in [-0.2, -0.15) is 0 Å². The number of nitrogens with zero attached hydrogens (tertiary/aromatic N) is 1. The van der Waals surface area contributed by atoms with Crippen LogP contribution in [0.15, 0.2) is 12.2 Å². The number of hydrogen-bond acceptors (Lipinski definition) is 1. The van der Waals surface area contributed by atoms with Crippen molar-refractivity contribution < 1.29 is 5.11 Å². The highest BCUT2D eigenvalue weighted by atomic mass is 16.3. The van der Waals surface area contributed by atoms with Gasteiger partial charge in [0.05, 0.1) is 5.54 Å². The molecule has 2 heteroatoms. The number of hydrogen-bond donors (Lipinski definition) is 0. The van der Waals surface area contributed by atoms with Gasteiger partial charge in [-0.05, 0) is 31.9 Å². The molecule has 11 heavy (non-hydrogen) atoms. The molecule has 0 aromatic rings. The second-order valence-corrected chi connectivity index (χ2v) is 3.97. The third-order valence-corrected chi connectivity index (χ3v) is 3.47. The van der Waals surface area contributed by atoms with Gasteiger partial charge < -0.3 is 5.11 Å². The van der Waals surface area contributed by atoms with Crippen LogP contribution in [0.1, 0.15) is 19.3 Å². The molecule has 2 nitrogen and oxygen atoms in total. The molecule has 2 fully saturated rings. The van der Waals surface area contributed by atoms with Gasteiger partial charge in [-0.1, -0.05) is 6.08 Å². The largest absolute Gasteiger partial charge is 0.439 e. The van der Waals surface area contributed by atoms with Gasteiger partial charge in [0.15, 0.2) is 6.10 Å². The average molecular weight is 152 g/mol. The van der Waals surface area contributed by atoms with Crippen molar-refractivity contribution in [2.45, 2.75) is 36.9 Å². The summed E-state index contributed by atoms with van der Waals surface area (Å²) in [5.41, 5.74) is 0.394. The maximum atomic E-state index is 7.74. The Bertz CT molecular complexity index is 226. The molecule has 0 saturated carbocycles. The van der Waals surface area contributed by atoms with Crippen molar-refractivity contribution in [3.8, 4) is 0 Å². The second kappa shape index (κ2) is 1.70. The van der Waals surface area contributed by atoms with E-state index in [1.807, 2.05) is 0 Å². The highest BCUT2D eigenvalue weighted by Crippen LogP contribution is 2.54. The second-order valence-electron chi connectivity index (χ2n) is 3.97. The Labute approximate surface area is 66.5 Å². The molecular weight excluding hydrogens is 138 g/mol. The molecular formula is C9H14NO+. The number of fused-ring (bicyclic) bond motifs is 1. The Balaban J connectivity index is 1.93. The van der Waals surface area contributed by atoms with Gasteiger partial charge in [0.2, 0.25) is 0 Å². The molecule has 1 aliphatic carbocycles. The van der Waals surface area contributed by atoms with Crippen LogP contribution in [0, 0.1) is 0 Å². The summed E-state index contributed by atoms with van der Waals surface area (Å²) in [6.07, 6.45) is 8.46. The summed E-state index contributed by atoms with van der Waals surface area (Å²) in [5.74, 6) is 0. The van der Waals surface area contributed by atoms with E-state index in [-0.39, 0.29) is 6.10 Å². The van der Waals surface area contributed by atoms with E-state index in [0.717, 1.165) is 0 Å². The van der Waals surface area contributed by atoms with Crippen LogP contribution in [0.2, 0.25) is 0 Å². The first kappa shape index (κ1) is 6.21. The minimum Gasteiger partial charge on any atom is -0.439 e. The zero-order chi connectivity index (χ0) is 7.47. The van der Waals surface area contributed by atoms with E-state index >= 15 is 0 Å². The number of piperidine rings is 1. The zero-order valence-electron chi connectivity index (χ0n) is 6.59. The fourth-order valence-electron chi connectivity index (χ4n) is 2.92. The molecule has 3 aliphatic rings. The fraction of sp³-hybridized carbons (Fsp3) is 0.778. The maximum absolute atomic E-state index is 7.74. The van der Waals surface area contributed by atoms with E-state index in [2.05, 4.69) is 17.1 Å². The zero-order valence-corrected chi connectivity index (χ0v) is 6.59. The summed E-state index contributed by atoms with van der Waals surface area (Å²) in [7, 11) is 0. The lowest BCUT2D eigenvalue weighted by Crippen LogP contribution is -2.21. The molecule has 3 rings (SSSR count). The molecule has 1 unspecified atom stereocenters. The SMILES string of the molecule is [OH2+][C@H]1C=C[C@]23CCCCN2[C@H]13. The fourth-order valence-corrected chi connectivity index (χ4v) is 2.92. The molecule has 0 amide bonds. The van der Waals surface area contributed by atoms with Crippen molar-refractivity contribution in [2.75, 3.05) is 6.54 Å². The van der Waals surface area contributed by atoms with Gasteiger partial charge in [0.25, 0.3) is 0 Å². The highest BCUT2D eigenvalue weighted by molar-refractivity contribution is 5.37. The van der Waals surface area contributed by atoms with E-state index in [4.69, 9.17) is 5.11 Å². The van der Waals surface area contributed by atoms with Crippen LogP contribution in [-0.4, -0.2) is 34.2 Å². The molecule has 4 atom stereocenters. The average Bonchev–Trinajstić information content (AvgIpc) is 2.60.